The highest BCUT2D eigenvalue weighted by atomic mass is 16.4. The second kappa shape index (κ2) is 10.2. The van der Waals surface area contributed by atoms with Gasteiger partial charge in [-0.25, -0.2) is 4.79 Å². The summed E-state index contributed by atoms with van der Waals surface area (Å²) < 4.78 is 2.96. The minimum Gasteiger partial charge on any atom is -0.476 e. The van der Waals surface area contributed by atoms with Gasteiger partial charge in [0.05, 0.1) is 5.69 Å². The summed E-state index contributed by atoms with van der Waals surface area (Å²) in [5.74, 6) is -1.82. The van der Waals surface area contributed by atoms with Crippen molar-refractivity contribution in [2.75, 3.05) is 11.9 Å². The molecule has 0 radical (unpaired) electrons. The fraction of sp³-hybridized carbons (Fsp3) is 0.286. The molecular weight excluding hydrogens is 400 g/mol. The van der Waals surface area contributed by atoms with Crippen LogP contribution in [0.4, 0.5) is 5.69 Å². The third kappa shape index (κ3) is 6.01. The standard InChI is InChI=1S/C21H24N6O4/c1-2-26-14-17(23-18(28)10-13-27-12-9-16(24-27)21(30)31)19(25-26)20(29)22-11-8-15-6-4-3-5-7-15/h3-7,9,12,14H,2,8,10-11,13H2,1H3,(H,22,29)(H,23,28)(H,30,31). The lowest BCUT2D eigenvalue weighted by Crippen LogP contribution is -2.27. The number of anilines is 1. The van der Waals surface area contributed by atoms with Gasteiger partial charge in [-0.2, -0.15) is 10.2 Å². The third-order valence-corrected chi connectivity index (χ3v) is 4.54. The Labute approximate surface area is 178 Å². The lowest BCUT2D eigenvalue weighted by atomic mass is 10.1. The molecule has 0 unspecified atom stereocenters. The van der Waals surface area contributed by atoms with Crippen LogP contribution >= 0.6 is 0 Å². The molecule has 31 heavy (non-hydrogen) atoms. The van der Waals surface area contributed by atoms with Gasteiger partial charge < -0.3 is 15.7 Å². The lowest BCUT2D eigenvalue weighted by molar-refractivity contribution is -0.116. The molecule has 2 amide bonds. The molecule has 3 aromatic rings. The molecule has 3 rings (SSSR count). The third-order valence-electron chi connectivity index (χ3n) is 4.54. The predicted octanol–water partition coefficient (Wildman–Crippen LogP) is 1.80. The zero-order chi connectivity index (χ0) is 22.2. The number of hydrogen-bond acceptors (Lipinski definition) is 5. The smallest absolute Gasteiger partial charge is 0.356 e. The minimum atomic E-state index is -1.13. The zero-order valence-electron chi connectivity index (χ0n) is 17.1. The zero-order valence-corrected chi connectivity index (χ0v) is 17.1. The SMILES string of the molecule is CCn1cc(NC(=O)CCn2ccc(C(=O)O)n2)c(C(=O)NCCc2ccccc2)n1. The van der Waals surface area contributed by atoms with Crippen molar-refractivity contribution in [3.05, 3.63) is 65.7 Å². The van der Waals surface area contributed by atoms with Crippen molar-refractivity contribution in [3.8, 4) is 0 Å². The Morgan fingerprint density at radius 3 is 2.52 bits per heavy atom. The summed E-state index contributed by atoms with van der Waals surface area (Å²) in [4.78, 5) is 35.8. The van der Waals surface area contributed by atoms with E-state index in [0.29, 0.717) is 25.2 Å². The molecule has 162 valence electrons. The number of carbonyl (C=O) groups is 3. The van der Waals surface area contributed by atoms with Gasteiger partial charge in [-0.3, -0.25) is 19.0 Å². The van der Waals surface area contributed by atoms with E-state index in [4.69, 9.17) is 5.11 Å². The van der Waals surface area contributed by atoms with Gasteiger partial charge in [0.1, 0.15) is 0 Å². The highest BCUT2D eigenvalue weighted by molar-refractivity contribution is 6.02. The molecule has 3 N–H and O–H groups in total. The molecule has 0 saturated heterocycles. The molecule has 0 aliphatic rings. The maximum absolute atomic E-state index is 12.6. The molecule has 10 nitrogen and oxygen atoms in total. The summed E-state index contributed by atoms with van der Waals surface area (Å²) in [7, 11) is 0. The molecule has 0 fully saturated rings. The Hall–Kier alpha value is -3.95. The van der Waals surface area contributed by atoms with Crippen molar-refractivity contribution in [1.82, 2.24) is 24.9 Å². The number of carboxylic acids is 1. The Balaban J connectivity index is 1.57. The molecule has 10 heteroatoms. The number of amides is 2. The number of hydrogen-bond donors (Lipinski definition) is 3. The predicted molar refractivity (Wildman–Crippen MR) is 113 cm³/mol. The van der Waals surface area contributed by atoms with Crippen molar-refractivity contribution in [1.29, 1.82) is 0 Å². The van der Waals surface area contributed by atoms with Gasteiger partial charge in [0.2, 0.25) is 5.91 Å². The Morgan fingerprint density at radius 2 is 1.84 bits per heavy atom. The van der Waals surface area contributed by atoms with Crippen molar-refractivity contribution >= 4 is 23.5 Å². The number of aryl methyl sites for hydroxylation is 2. The van der Waals surface area contributed by atoms with Gasteiger partial charge >= 0.3 is 5.97 Å². The Morgan fingerprint density at radius 1 is 1.06 bits per heavy atom. The van der Waals surface area contributed by atoms with E-state index in [9.17, 15) is 14.4 Å². The molecular formula is C21H24N6O4. The van der Waals surface area contributed by atoms with Gasteiger partial charge in [-0.15, -0.1) is 0 Å². The van der Waals surface area contributed by atoms with Crippen LogP contribution in [0.1, 0.15) is 39.9 Å². The highest BCUT2D eigenvalue weighted by Crippen LogP contribution is 2.14. The van der Waals surface area contributed by atoms with Crippen molar-refractivity contribution in [3.63, 3.8) is 0 Å². The second-order valence-corrected chi connectivity index (χ2v) is 6.81. The summed E-state index contributed by atoms with van der Waals surface area (Å²) in [6.07, 6.45) is 3.86. The number of aromatic nitrogens is 4. The molecule has 1 aromatic carbocycles. The van der Waals surface area contributed by atoms with Gasteiger partial charge in [-0.1, -0.05) is 30.3 Å². The van der Waals surface area contributed by atoms with Crippen molar-refractivity contribution in [2.45, 2.75) is 32.9 Å². The van der Waals surface area contributed by atoms with Crippen molar-refractivity contribution < 1.29 is 19.5 Å². The summed E-state index contributed by atoms with van der Waals surface area (Å²) in [5, 5.41) is 22.6. The average Bonchev–Trinajstić information content (AvgIpc) is 3.40. The van der Waals surface area contributed by atoms with Gasteiger partial charge in [0.25, 0.3) is 5.91 Å². The monoisotopic (exact) mass is 424 g/mol. The van der Waals surface area contributed by atoms with E-state index in [1.54, 1.807) is 10.9 Å². The summed E-state index contributed by atoms with van der Waals surface area (Å²) in [6.45, 7) is 3.08. The first kappa shape index (κ1) is 21.8. The minimum absolute atomic E-state index is 0.0626. The normalized spacial score (nSPS) is 10.6. The van der Waals surface area contributed by atoms with E-state index >= 15 is 0 Å². The highest BCUT2D eigenvalue weighted by Gasteiger charge is 2.18. The largest absolute Gasteiger partial charge is 0.476 e. The van der Waals surface area contributed by atoms with Crippen LogP contribution in [-0.2, 0) is 24.3 Å². The lowest BCUT2D eigenvalue weighted by Gasteiger charge is -2.07. The topological polar surface area (TPSA) is 131 Å². The van der Waals surface area contributed by atoms with Crippen molar-refractivity contribution in [2.24, 2.45) is 0 Å². The molecule has 2 heterocycles. The average molecular weight is 424 g/mol. The maximum atomic E-state index is 12.6. The first-order valence-electron chi connectivity index (χ1n) is 9.92. The molecule has 0 saturated carbocycles. The number of aromatic carboxylic acids is 1. The quantitative estimate of drug-likeness (QED) is 0.455. The van der Waals surface area contributed by atoms with Crippen LogP contribution < -0.4 is 10.6 Å². The van der Waals surface area contributed by atoms with Crippen LogP contribution in [0, 0.1) is 0 Å². The molecule has 0 bridgehead atoms. The summed E-state index contributed by atoms with van der Waals surface area (Å²) >= 11 is 0. The molecule has 0 aliphatic heterocycles. The van der Waals surface area contributed by atoms with E-state index in [1.165, 1.54) is 16.9 Å². The number of rotatable bonds is 10. The fourth-order valence-electron chi connectivity index (χ4n) is 2.92. The number of nitrogens with one attached hydrogen (secondary N) is 2. The van der Waals surface area contributed by atoms with Gasteiger partial charge in [0.15, 0.2) is 11.4 Å². The van der Waals surface area contributed by atoms with Crippen LogP contribution in [0.3, 0.4) is 0 Å². The van der Waals surface area contributed by atoms with E-state index in [2.05, 4.69) is 20.8 Å². The Kier molecular flexibility index (Phi) is 7.15. The summed E-state index contributed by atoms with van der Waals surface area (Å²) in [6, 6.07) is 11.2. The molecule has 0 aliphatic carbocycles. The number of carbonyl (C=O) groups excluding carboxylic acids is 2. The molecule has 0 spiro atoms. The number of carboxylic acid groups (broad SMARTS) is 1. The van der Waals surface area contributed by atoms with E-state index < -0.39 is 5.97 Å². The van der Waals surface area contributed by atoms with Crippen LogP contribution in [0.15, 0.2) is 48.8 Å². The first-order valence-corrected chi connectivity index (χ1v) is 9.92. The van der Waals surface area contributed by atoms with E-state index in [-0.39, 0.29) is 36.2 Å². The Bertz CT molecular complexity index is 1060. The van der Waals surface area contributed by atoms with Gasteiger partial charge in [-0.05, 0) is 25.0 Å². The van der Waals surface area contributed by atoms with Crippen LogP contribution in [0.25, 0.3) is 0 Å². The summed E-state index contributed by atoms with van der Waals surface area (Å²) in [5.41, 5.74) is 1.51. The van der Waals surface area contributed by atoms with E-state index in [1.807, 2.05) is 37.3 Å². The fourth-order valence-corrected chi connectivity index (χ4v) is 2.92. The van der Waals surface area contributed by atoms with Gasteiger partial charge in [0, 0.05) is 38.4 Å². The van der Waals surface area contributed by atoms with Crippen LogP contribution in [0.2, 0.25) is 0 Å². The maximum Gasteiger partial charge on any atom is 0.356 e. The van der Waals surface area contributed by atoms with Crippen LogP contribution in [0.5, 0.6) is 0 Å². The molecule has 0 atom stereocenters. The number of benzene rings is 1. The number of nitrogens with zero attached hydrogens (tertiary/aromatic N) is 4. The van der Waals surface area contributed by atoms with E-state index in [0.717, 1.165) is 5.56 Å². The second-order valence-electron chi connectivity index (χ2n) is 6.81. The molecule has 2 aromatic heterocycles. The van der Waals surface area contributed by atoms with Crippen LogP contribution in [-0.4, -0.2) is 49.0 Å². The first-order chi connectivity index (χ1) is 15.0.